The predicted molar refractivity (Wildman–Crippen MR) is 71.8 cm³/mol. The van der Waals surface area contributed by atoms with E-state index >= 15 is 0 Å². The molecule has 112 valence electrons. The van der Waals surface area contributed by atoms with Crippen molar-refractivity contribution in [3.8, 4) is 0 Å². The minimum Gasteiger partial charge on any atom is -0.355 e. The quantitative estimate of drug-likeness (QED) is 0.890. The average Bonchev–Trinajstić information content (AvgIpc) is 2.32. The monoisotopic (exact) mass is 306 g/mol. The summed E-state index contributed by atoms with van der Waals surface area (Å²) in [5.41, 5.74) is -0.106. The number of hydrogen-bond donors (Lipinski definition) is 1. The van der Waals surface area contributed by atoms with Crippen molar-refractivity contribution in [1.29, 1.82) is 0 Å². The molecule has 1 atom stereocenters. The Kier molecular flexibility index (Phi) is 5.04. The number of anilines is 1. The summed E-state index contributed by atoms with van der Waals surface area (Å²) in [7, 11) is -3.83. The Morgan fingerprint density at radius 2 is 1.95 bits per heavy atom. The number of nitrogens with one attached hydrogen (secondary N) is 1. The molecule has 0 aromatic heterocycles. The Hall–Kier alpha value is -1.70. The third-order valence-electron chi connectivity index (χ3n) is 2.60. The highest BCUT2D eigenvalue weighted by Crippen LogP contribution is 2.23. The molecule has 1 rings (SSSR count). The summed E-state index contributed by atoms with van der Waals surface area (Å²) in [6, 6.07) is 1.59. The van der Waals surface area contributed by atoms with Crippen LogP contribution in [0.15, 0.2) is 18.2 Å². The summed E-state index contributed by atoms with van der Waals surface area (Å²) in [6.45, 7) is 3.39. The standard InChI is InChI=1S/C12H16F2N2O3S/c1-4-15-12(17)8(2)16(20(3,18)19)9-5-6-10(13)11(14)7-9/h5-8H,4H2,1-3H3,(H,15,17). The van der Waals surface area contributed by atoms with Crippen LogP contribution in [-0.4, -0.2) is 33.2 Å². The van der Waals surface area contributed by atoms with Gasteiger partial charge in [-0.25, -0.2) is 17.2 Å². The van der Waals surface area contributed by atoms with Crippen LogP contribution in [0.3, 0.4) is 0 Å². The second-order valence-electron chi connectivity index (χ2n) is 4.23. The maximum absolute atomic E-state index is 13.2. The molecule has 0 aliphatic rings. The second kappa shape index (κ2) is 6.17. The predicted octanol–water partition coefficient (Wildman–Crippen LogP) is 1.26. The molecule has 0 bridgehead atoms. The molecule has 0 radical (unpaired) electrons. The van der Waals surface area contributed by atoms with E-state index in [0.717, 1.165) is 28.8 Å². The zero-order chi connectivity index (χ0) is 15.5. The number of benzene rings is 1. The highest BCUT2D eigenvalue weighted by molar-refractivity contribution is 7.92. The van der Waals surface area contributed by atoms with E-state index in [1.807, 2.05) is 0 Å². The van der Waals surface area contributed by atoms with E-state index in [2.05, 4.69) is 5.32 Å². The summed E-state index contributed by atoms with van der Waals surface area (Å²) in [5, 5.41) is 2.48. The number of rotatable bonds is 5. The normalized spacial score (nSPS) is 12.8. The van der Waals surface area contributed by atoms with Crippen molar-refractivity contribution in [3.63, 3.8) is 0 Å². The first-order valence-electron chi connectivity index (χ1n) is 5.90. The molecule has 1 N–H and O–H groups in total. The van der Waals surface area contributed by atoms with Crippen LogP contribution < -0.4 is 9.62 Å². The van der Waals surface area contributed by atoms with Gasteiger partial charge in [-0.1, -0.05) is 0 Å². The Morgan fingerprint density at radius 3 is 2.40 bits per heavy atom. The maximum Gasteiger partial charge on any atom is 0.243 e. The molecule has 0 spiro atoms. The van der Waals surface area contributed by atoms with Crippen molar-refractivity contribution < 1.29 is 22.0 Å². The molecule has 1 aromatic carbocycles. The van der Waals surface area contributed by atoms with Crippen LogP contribution in [-0.2, 0) is 14.8 Å². The van der Waals surface area contributed by atoms with E-state index in [4.69, 9.17) is 0 Å². The number of halogens is 2. The molecule has 0 saturated heterocycles. The van der Waals surface area contributed by atoms with Crippen molar-refractivity contribution >= 4 is 21.6 Å². The van der Waals surface area contributed by atoms with E-state index in [1.165, 1.54) is 6.92 Å². The summed E-state index contributed by atoms with van der Waals surface area (Å²) in [5.74, 6) is -2.80. The van der Waals surface area contributed by atoms with Gasteiger partial charge in [-0.15, -0.1) is 0 Å². The summed E-state index contributed by atoms with van der Waals surface area (Å²) >= 11 is 0. The van der Waals surface area contributed by atoms with Gasteiger partial charge < -0.3 is 5.32 Å². The number of carbonyl (C=O) groups excluding carboxylic acids is 1. The van der Waals surface area contributed by atoms with Crippen LogP contribution in [0.1, 0.15) is 13.8 Å². The smallest absolute Gasteiger partial charge is 0.243 e. The third kappa shape index (κ3) is 3.66. The molecule has 5 nitrogen and oxygen atoms in total. The van der Waals surface area contributed by atoms with Crippen LogP contribution in [0.25, 0.3) is 0 Å². The minimum absolute atomic E-state index is 0.106. The van der Waals surface area contributed by atoms with Gasteiger partial charge >= 0.3 is 0 Å². The second-order valence-corrected chi connectivity index (χ2v) is 6.09. The number of likely N-dealkylation sites (N-methyl/N-ethyl adjacent to an activating group) is 1. The fourth-order valence-corrected chi connectivity index (χ4v) is 2.92. The molecule has 0 heterocycles. The summed E-state index contributed by atoms with van der Waals surface area (Å²) in [6.07, 6.45) is 0.893. The number of nitrogens with zero attached hydrogens (tertiary/aromatic N) is 1. The molecule has 1 amide bonds. The molecule has 1 aromatic rings. The van der Waals surface area contributed by atoms with Gasteiger partial charge in [0.05, 0.1) is 11.9 Å². The molecule has 1 unspecified atom stereocenters. The molecular weight excluding hydrogens is 290 g/mol. The number of sulfonamides is 1. The lowest BCUT2D eigenvalue weighted by atomic mass is 10.2. The third-order valence-corrected chi connectivity index (χ3v) is 3.84. The van der Waals surface area contributed by atoms with Crippen molar-refractivity contribution in [1.82, 2.24) is 5.32 Å². The lowest BCUT2D eigenvalue weighted by Crippen LogP contribution is -2.47. The molecule has 20 heavy (non-hydrogen) atoms. The van der Waals surface area contributed by atoms with Gasteiger partial charge in [0.15, 0.2) is 11.6 Å². The molecule has 0 aliphatic heterocycles. The minimum atomic E-state index is -3.83. The van der Waals surface area contributed by atoms with Gasteiger partial charge in [-0.05, 0) is 26.0 Å². The maximum atomic E-state index is 13.2. The molecule has 0 aliphatic carbocycles. The molecule has 0 saturated carbocycles. The Balaban J connectivity index is 3.26. The van der Waals surface area contributed by atoms with Crippen molar-refractivity contribution in [3.05, 3.63) is 29.8 Å². The first-order valence-corrected chi connectivity index (χ1v) is 7.75. The highest BCUT2D eigenvalue weighted by atomic mass is 32.2. The first-order chi connectivity index (χ1) is 9.18. The largest absolute Gasteiger partial charge is 0.355 e. The van der Waals surface area contributed by atoms with Gasteiger partial charge in [0.1, 0.15) is 6.04 Å². The Labute approximate surface area is 116 Å². The average molecular weight is 306 g/mol. The Bertz CT molecular complexity index is 605. The van der Waals surface area contributed by atoms with Gasteiger partial charge in [-0.2, -0.15) is 0 Å². The highest BCUT2D eigenvalue weighted by Gasteiger charge is 2.29. The lowest BCUT2D eigenvalue weighted by molar-refractivity contribution is -0.121. The lowest BCUT2D eigenvalue weighted by Gasteiger charge is -2.28. The molecule has 8 heteroatoms. The van der Waals surface area contributed by atoms with E-state index in [-0.39, 0.29) is 5.69 Å². The fourth-order valence-electron chi connectivity index (χ4n) is 1.75. The number of amides is 1. The van der Waals surface area contributed by atoms with E-state index in [9.17, 15) is 22.0 Å². The van der Waals surface area contributed by atoms with Crippen LogP contribution in [0.5, 0.6) is 0 Å². The summed E-state index contributed by atoms with van der Waals surface area (Å²) < 4.78 is 50.5. The fraction of sp³-hybridized carbons (Fsp3) is 0.417. The Morgan fingerprint density at radius 1 is 1.35 bits per heavy atom. The van der Waals surface area contributed by atoms with Gasteiger partial charge in [0.2, 0.25) is 15.9 Å². The summed E-state index contributed by atoms with van der Waals surface area (Å²) in [4.78, 5) is 11.8. The SMILES string of the molecule is CCNC(=O)C(C)N(c1ccc(F)c(F)c1)S(C)(=O)=O. The van der Waals surface area contributed by atoms with Crippen LogP contribution >= 0.6 is 0 Å². The van der Waals surface area contributed by atoms with Gasteiger partial charge in [0.25, 0.3) is 0 Å². The van der Waals surface area contributed by atoms with E-state index in [1.54, 1.807) is 6.92 Å². The molecular formula is C12H16F2N2O3S. The zero-order valence-electron chi connectivity index (χ0n) is 11.4. The first kappa shape index (κ1) is 16.4. The van der Waals surface area contributed by atoms with Crippen LogP contribution in [0.4, 0.5) is 14.5 Å². The molecule has 0 fully saturated rings. The van der Waals surface area contributed by atoms with Gasteiger partial charge in [-0.3, -0.25) is 9.10 Å². The van der Waals surface area contributed by atoms with Crippen molar-refractivity contribution in [2.24, 2.45) is 0 Å². The van der Waals surface area contributed by atoms with Crippen LogP contribution in [0.2, 0.25) is 0 Å². The van der Waals surface area contributed by atoms with E-state index < -0.39 is 33.6 Å². The van der Waals surface area contributed by atoms with Crippen molar-refractivity contribution in [2.75, 3.05) is 17.1 Å². The van der Waals surface area contributed by atoms with E-state index in [0.29, 0.717) is 6.54 Å². The van der Waals surface area contributed by atoms with Crippen LogP contribution in [0, 0.1) is 11.6 Å². The van der Waals surface area contributed by atoms with Crippen molar-refractivity contribution in [2.45, 2.75) is 19.9 Å². The topological polar surface area (TPSA) is 66.5 Å². The van der Waals surface area contributed by atoms with Gasteiger partial charge in [0, 0.05) is 12.6 Å². The number of hydrogen-bond acceptors (Lipinski definition) is 3. The zero-order valence-corrected chi connectivity index (χ0v) is 12.2. The number of carbonyl (C=O) groups is 1.